The first kappa shape index (κ1) is 24.5. The van der Waals surface area contributed by atoms with Crippen molar-refractivity contribution < 1.29 is 4.79 Å². The van der Waals surface area contributed by atoms with E-state index in [-0.39, 0.29) is 11.3 Å². The van der Waals surface area contributed by atoms with Crippen LogP contribution in [0.3, 0.4) is 0 Å². The van der Waals surface area contributed by atoms with Crippen molar-refractivity contribution in [1.82, 2.24) is 9.78 Å². The highest BCUT2D eigenvalue weighted by atomic mass is 16.1. The van der Waals surface area contributed by atoms with E-state index in [1.54, 1.807) is 17.1 Å². The number of nitrogens with zero attached hydrogens (tertiary/aromatic N) is 3. The third-order valence-corrected chi connectivity index (χ3v) is 10.4. The lowest BCUT2D eigenvalue weighted by Crippen LogP contribution is -2.53. The number of fused-ring (bicyclic) bond motifs is 5. The Kier molecular flexibility index (Phi) is 7.09. The topological polar surface area (TPSA) is 58.7 Å². The van der Waals surface area contributed by atoms with Crippen LogP contribution in [0.1, 0.15) is 104 Å². The highest BCUT2D eigenvalue weighted by Gasteiger charge is 2.60. The molecule has 4 nitrogen and oxygen atoms in total. The smallest absolute Gasteiger partial charge is 0.157 e. The summed E-state index contributed by atoms with van der Waals surface area (Å²) in [6.45, 7) is 12.1. The quantitative estimate of drug-likeness (QED) is 0.495. The summed E-state index contributed by atoms with van der Waals surface area (Å²) in [5.41, 5.74) is 1.24. The van der Waals surface area contributed by atoms with E-state index in [2.05, 4.69) is 45.8 Å². The minimum Gasteiger partial charge on any atom is -0.297 e. The van der Waals surface area contributed by atoms with Gasteiger partial charge in [0.15, 0.2) is 5.78 Å². The number of carbonyl (C=O) groups is 1. The van der Waals surface area contributed by atoms with Gasteiger partial charge < -0.3 is 0 Å². The molecule has 33 heavy (non-hydrogen) atoms. The molecule has 8 atom stereocenters. The van der Waals surface area contributed by atoms with Gasteiger partial charge in [-0.3, -0.25) is 9.48 Å². The maximum atomic E-state index is 13.3. The molecule has 0 spiro atoms. The molecule has 8 unspecified atom stereocenters. The second-order valence-corrected chi connectivity index (χ2v) is 12.4. The number of aromatic nitrogens is 2. The molecule has 4 aliphatic carbocycles. The Morgan fingerprint density at radius 1 is 1.09 bits per heavy atom. The molecule has 4 saturated carbocycles. The molecule has 1 aromatic heterocycles. The fourth-order valence-electron chi connectivity index (χ4n) is 8.78. The molecule has 4 aliphatic rings. The summed E-state index contributed by atoms with van der Waals surface area (Å²) in [6, 6.07) is 2.11. The number of Topliss-reactive ketones (excluding diaryl/α,β-unsaturated/α-hetero) is 1. The molecule has 5 rings (SSSR count). The van der Waals surface area contributed by atoms with Gasteiger partial charge in [-0.05, 0) is 91.8 Å². The summed E-state index contributed by atoms with van der Waals surface area (Å²) in [5.74, 6) is 4.75. The number of nitriles is 1. The van der Waals surface area contributed by atoms with Gasteiger partial charge in [-0.1, -0.05) is 47.5 Å². The molecule has 1 aromatic rings. The number of rotatable bonds is 3. The van der Waals surface area contributed by atoms with Crippen molar-refractivity contribution in [3.05, 3.63) is 18.0 Å². The van der Waals surface area contributed by atoms with Crippen LogP contribution in [-0.4, -0.2) is 15.6 Å². The fraction of sp³-hybridized carbons (Fsp3) is 0.828. The van der Waals surface area contributed by atoms with Crippen LogP contribution in [0.25, 0.3) is 0 Å². The predicted molar refractivity (Wildman–Crippen MR) is 132 cm³/mol. The Morgan fingerprint density at radius 2 is 1.79 bits per heavy atom. The lowest BCUT2D eigenvalue weighted by Gasteiger charge is -2.61. The summed E-state index contributed by atoms with van der Waals surface area (Å²) in [7, 11) is 0. The average molecular weight is 452 g/mol. The lowest BCUT2D eigenvalue weighted by atomic mass is 9.44. The van der Waals surface area contributed by atoms with Gasteiger partial charge in [0.2, 0.25) is 0 Å². The first-order valence-electron chi connectivity index (χ1n) is 13.7. The van der Waals surface area contributed by atoms with Gasteiger partial charge in [0, 0.05) is 12.1 Å². The van der Waals surface area contributed by atoms with Crippen LogP contribution in [0.2, 0.25) is 0 Å². The molecular formula is C29H45N3O. The molecule has 0 aromatic carbocycles. The standard InChI is InChI=1S/C26H37N3O.C3H8/c1-17-8-10-25(2)19(12-17)4-5-20-21-6-7-23(26(21,3)11-9-22(20)25)24(30)16-29-15-18(13-27)14-28-29;1-3-2/h14-15,17,19-23H,4-12,16H2,1-3H3;3H2,1-2H3. The van der Waals surface area contributed by atoms with Crippen LogP contribution in [-0.2, 0) is 11.3 Å². The Balaban J connectivity index is 0.000000821. The van der Waals surface area contributed by atoms with Crippen molar-refractivity contribution in [1.29, 1.82) is 5.26 Å². The van der Waals surface area contributed by atoms with Crippen molar-refractivity contribution in [3.63, 3.8) is 0 Å². The summed E-state index contributed by atoms with van der Waals surface area (Å²) >= 11 is 0. The molecule has 4 fully saturated rings. The summed E-state index contributed by atoms with van der Waals surface area (Å²) in [6.07, 6.45) is 16.4. The van der Waals surface area contributed by atoms with Gasteiger partial charge in [-0.25, -0.2) is 0 Å². The Labute approximate surface area is 201 Å². The van der Waals surface area contributed by atoms with E-state index in [4.69, 9.17) is 5.26 Å². The maximum Gasteiger partial charge on any atom is 0.157 e. The van der Waals surface area contributed by atoms with Crippen molar-refractivity contribution >= 4 is 5.78 Å². The van der Waals surface area contributed by atoms with E-state index >= 15 is 0 Å². The van der Waals surface area contributed by atoms with Gasteiger partial charge in [0.05, 0.1) is 18.3 Å². The van der Waals surface area contributed by atoms with Crippen molar-refractivity contribution in [2.45, 2.75) is 105 Å². The van der Waals surface area contributed by atoms with E-state index < -0.39 is 0 Å². The monoisotopic (exact) mass is 451 g/mol. The highest BCUT2D eigenvalue weighted by molar-refractivity contribution is 5.82. The number of carbonyl (C=O) groups excluding carboxylic acids is 1. The van der Waals surface area contributed by atoms with Crippen molar-refractivity contribution in [2.24, 2.45) is 46.3 Å². The van der Waals surface area contributed by atoms with Crippen LogP contribution >= 0.6 is 0 Å². The number of hydrogen-bond donors (Lipinski definition) is 0. The van der Waals surface area contributed by atoms with E-state index in [1.807, 2.05) is 0 Å². The van der Waals surface area contributed by atoms with Crippen LogP contribution < -0.4 is 0 Å². The SMILES string of the molecule is CC1CCC2(C)C(CCC3C2CCC2(C)C(C(=O)Cn4cc(C#N)cn4)CCC32)C1.CCC. The zero-order chi connectivity index (χ0) is 23.8. The van der Waals surface area contributed by atoms with E-state index in [0.717, 1.165) is 36.0 Å². The number of hydrogen-bond acceptors (Lipinski definition) is 3. The van der Waals surface area contributed by atoms with Gasteiger partial charge in [0.1, 0.15) is 6.07 Å². The van der Waals surface area contributed by atoms with Gasteiger partial charge in [-0.15, -0.1) is 0 Å². The normalized spacial score (nSPS) is 41.6. The minimum absolute atomic E-state index is 0.161. The maximum absolute atomic E-state index is 13.3. The van der Waals surface area contributed by atoms with Crippen LogP contribution in [0, 0.1) is 57.7 Å². The fourth-order valence-corrected chi connectivity index (χ4v) is 8.78. The Hall–Kier alpha value is -1.63. The second kappa shape index (κ2) is 9.55. The molecule has 0 N–H and O–H groups in total. The highest BCUT2D eigenvalue weighted by Crippen LogP contribution is 2.67. The molecule has 1 heterocycles. The first-order chi connectivity index (χ1) is 15.8. The second-order valence-electron chi connectivity index (χ2n) is 12.4. The molecular weight excluding hydrogens is 406 g/mol. The van der Waals surface area contributed by atoms with Crippen LogP contribution in [0.15, 0.2) is 12.4 Å². The van der Waals surface area contributed by atoms with E-state index in [9.17, 15) is 4.79 Å². The molecule has 0 amide bonds. The number of ketones is 1. The largest absolute Gasteiger partial charge is 0.297 e. The molecule has 182 valence electrons. The van der Waals surface area contributed by atoms with Gasteiger partial charge in [-0.2, -0.15) is 10.4 Å². The van der Waals surface area contributed by atoms with E-state index in [0.29, 0.717) is 23.3 Å². The third kappa shape index (κ3) is 4.30. The van der Waals surface area contributed by atoms with Crippen molar-refractivity contribution in [3.8, 4) is 6.07 Å². The third-order valence-electron chi connectivity index (χ3n) is 10.4. The van der Waals surface area contributed by atoms with E-state index in [1.165, 1.54) is 57.8 Å². The van der Waals surface area contributed by atoms with Crippen molar-refractivity contribution in [2.75, 3.05) is 0 Å². The summed E-state index contributed by atoms with van der Waals surface area (Å²) < 4.78 is 1.67. The molecule has 0 radical (unpaired) electrons. The average Bonchev–Trinajstić information content (AvgIpc) is 3.38. The minimum atomic E-state index is 0.161. The summed E-state index contributed by atoms with van der Waals surface area (Å²) in [5, 5.41) is 13.3. The molecule has 0 bridgehead atoms. The first-order valence-corrected chi connectivity index (χ1v) is 13.7. The molecule has 4 heteroatoms. The van der Waals surface area contributed by atoms with Gasteiger partial charge in [0.25, 0.3) is 0 Å². The Bertz CT molecular complexity index is 884. The van der Waals surface area contributed by atoms with Crippen LogP contribution in [0.4, 0.5) is 0 Å². The lowest BCUT2D eigenvalue weighted by molar-refractivity contribution is -0.137. The summed E-state index contributed by atoms with van der Waals surface area (Å²) in [4.78, 5) is 13.3. The molecule has 0 saturated heterocycles. The Morgan fingerprint density at radius 3 is 2.48 bits per heavy atom. The zero-order valence-corrected chi connectivity index (χ0v) is 21.6. The molecule has 0 aliphatic heterocycles. The predicted octanol–water partition coefficient (Wildman–Crippen LogP) is 7.04. The zero-order valence-electron chi connectivity index (χ0n) is 21.6. The van der Waals surface area contributed by atoms with Gasteiger partial charge >= 0.3 is 0 Å². The van der Waals surface area contributed by atoms with Crippen LogP contribution in [0.5, 0.6) is 0 Å².